The number of amides is 1. The lowest BCUT2D eigenvalue weighted by molar-refractivity contribution is -0.122. The maximum absolute atomic E-state index is 12.4. The highest BCUT2D eigenvalue weighted by molar-refractivity contribution is 7.89. The highest BCUT2D eigenvalue weighted by atomic mass is 32.2. The molecule has 2 aromatic rings. The van der Waals surface area contributed by atoms with E-state index in [2.05, 4.69) is 15.0 Å². The van der Waals surface area contributed by atoms with Crippen molar-refractivity contribution in [2.45, 2.75) is 24.8 Å². The number of H-pyrrole nitrogens is 1. The van der Waals surface area contributed by atoms with Gasteiger partial charge < -0.3 is 16.0 Å². The zero-order chi connectivity index (χ0) is 15.6. The number of carbonyl (C=O) groups excluding carboxylic acids is 1. The second kappa shape index (κ2) is 5.74. The van der Waals surface area contributed by atoms with Gasteiger partial charge in [-0.25, -0.2) is 8.42 Å². The first kappa shape index (κ1) is 15.3. The van der Waals surface area contributed by atoms with Crippen molar-refractivity contribution in [1.29, 1.82) is 0 Å². The Balaban J connectivity index is 2.32. The molecule has 1 atom stereocenters. The minimum Gasteiger partial charge on any atom is -0.399 e. The van der Waals surface area contributed by atoms with Crippen LogP contribution in [0.1, 0.15) is 13.8 Å². The predicted molar refractivity (Wildman–Crippen MR) is 81.2 cm³/mol. The number of hydrogen-bond donors (Lipinski definition) is 4. The molecular formula is C13H18N4O3S. The van der Waals surface area contributed by atoms with Crippen molar-refractivity contribution in [2.75, 3.05) is 12.3 Å². The van der Waals surface area contributed by atoms with E-state index in [0.29, 0.717) is 23.1 Å². The van der Waals surface area contributed by atoms with Gasteiger partial charge in [0.25, 0.3) is 0 Å². The third-order valence-corrected chi connectivity index (χ3v) is 4.61. The number of rotatable bonds is 5. The van der Waals surface area contributed by atoms with E-state index in [0.717, 1.165) is 0 Å². The van der Waals surface area contributed by atoms with Gasteiger partial charge in [-0.1, -0.05) is 0 Å². The maximum Gasteiger partial charge on any atom is 0.243 e. The molecule has 0 radical (unpaired) electrons. The van der Waals surface area contributed by atoms with Gasteiger partial charge in [0.05, 0.1) is 6.04 Å². The van der Waals surface area contributed by atoms with Crippen molar-refractivity contribution in [2.24, 2.45) is 0 Å². The van der Waals surface area contributed by atoms with Crippen LogP contribution in [0.4, 0.5) is 5.69 Å². The van der Waals surface area contributed by atoms with E-state index in [9.17, 15) is 13.2 Å². The molecule has 8 heteroatoms. The van der Waals surface area contributed by atoms with E-state index in [4.69, 9.17) is 5.73 Å². The Bertz CT molecular complexity index is 767. The summed E-state index contributed by atoms with van der Waals surface area (Å²) in [7, 11) is -3.80. The van der Waals surface area contributed by atoms with Gasteiger partial charge >= 0.3 is 0 Å². The maximum atomic E-state index is 12.4. The fourth-order valence-corrected chi connectivity index (χ4v) is 3.40. The lowest BCUT2D eigenvalue weighted by Gasteiger charge is -2.13. The number of nitrogen functional groups attached to an aromatic ring is 1. The van der Waals surface area contributed by atoms with Gasteiger partial charge in [-0.05, 0) is 32.0 Å². The highest BCUT2D eigenvalue weighted by Crippen LogP contribution is 2.24. The van der Waals surface area contributed by atoms with Crippen LogP contribution in [-0.4, -0.2) is 31.9 Å². The second-order valence-electron chi connectivity index (χ2n) is 4.70. The van der Waals surface area contributed by atoms with E-state index in [1.807, 2.05) is 0 Å². The number of benzene rings is 1. The molecule has 1 heterocycles. The topological polar surface area (TPSA) is 117 Å². The Morgan fingerprint density at radius 3 is 2.81 bits per heavy atom. The molecule has 114 valence electrons. The first-order valence-electron chi connectivity index (χ1n) is 6.52. The fourth-order valence-electron chi connectivity index (χ4n) is 2.02. The van der Waals surface area contributed by atoms with Gasteiger partial charge in [0, 0.05) is 29.3 Å². The van der Waals surface area contributed by atoms with Gasteiger partial charge in [0.15, 0.2) is 0 Å². The monoisotopic (exact) mass is 310 g/mol. The van der Waals surface area contributed by atoms with E-state index in [1.54, 1.807) is 25.1 Å². The molecule has 1 amide bonds. The Morgan fingerprint density at radius 2 is 2.14 bits per heavy atom. The number of anilines is 1. The zero-order valence-corrected chi connectivity index (χ0v) is 12.6. The van der Waals surface area contributed by atoms with E-state index >= 15 is 0 Å². The van der Waals surface area contributed by atoms with Crippen molar-refractivity contribution in [1.82, 2.24) is 15.0 Å². The molecule has 1 aromatic heterocycles. The van der Waals surface area contributed by atoms with E-state index < -0.39 is 16.1 Å². The van der Waals surface area contributed by atoms with Gasteiger partial charge in [-0.3, -0.25) is 4.79 Å². The molecule has 2 rings (SSSR count). The SMILES string of the molecule is CCNC(=O)C(C)NS(=O)(=O)c1c[nH]c2cc(N)ccc12. The van der Waals surface area contributed by atoms with Crippen molar-refractivity contribution in [3.05, 3.63) is 24.4 Å². The van der Waals surface area contributed by atoms with Crippen LogP contribution in [0.15, 0.2) is 29.3 Å². The molecule has 0 saturated heterocycles. The zero-order valence-electron chi connectivity index (χ0n) is 11.8. The molecular weight excluding hydrogens is 292 g/mol. The molecule has 0 aliphatic carbocycles. The minimum absolute atomic E-state index is 0.0913. The van der Waals surface area contributed by atoms with Crippen LogP contribution in [0, 0.1) is 0 Å². The van der Waals surface area contributed by atoms with Crippen molar-refractivity contribution >= 4 is 32.5 Å². The third-order valence-electron chi connectivity index (χ3n) is 3.03. The largest absolute Gasteiger partial charge is 0.399 e. The summed E-state index contributed by atoms with van der Waals surface area (Å²) in [6.45, 7) is 3.70. The molecule has 0 aliphatic heterocycles. The Morgan fingerprint density at radius 1 is 1.43 bits per heavy atom. The summed E-state index contributed by atoms with van der Waals surface area (Å²) >= 11 is 0. The fraction of sp³-hybridized carbons (Fsp3) is 0.308. The molecule has 1 aromatic carbocycles. The van der Waals surface area contributed by atoms with Gasteiger partial charge in [-0.15, -0.1) is 0 Å². The van der Waals surface area contributed by atoms with Crippen molar-refractivity contribution in [3.63, 3.8) is 0 Å². The standard InChI is InChI=1S/C13H18N4O3S/c1-3-15-13(18)8(2)17-21(19,20)12-7-16-11-6-9(14)4-5-10(11)12/h4-8,16-17H,3,14H2,1-2H3,(H,15,18). The summed E-state index contributed by atoms with van der Waals surface area (Å²) in [6.07, 6.45) is 1.39. The summed E-state index contributed by atoms with van der Waals surface area (Å²) in [5, 5.41) is 3.10. The lowest BCUT2D eigenvalue weighted by atomic mass is 10.2. The van der Waals surface area contributed by atoms with Crippen LogP contribution in [-0.2, 0) is 14.8 Å². The highest BCUT2D eigenvalue weighted by Gasteiger charge is 2.24. The van der Waals surface area contributed by atoms with E-state index in [-0.39, 0.29) is 10.8 Å². The number of fused-ring (bicyclic) bond motifs is 1. The molecule has 1 unspecified atom stereocenters. The molecule has 0 saturated carbocycles. The van der Waals surface area contributed by atoms with Gasteiger partial charge in [0.1, 0.15) is 4.90 Å². The Labute approximate surface area is 123 Å². The Kier molecular flexibility index (Phi) is 4.19. The van der Waals surface area contributed by atoms with Gasteiger partial charge in [0.2, 0.25) is 15.9 Å². The molecule has 7 nitrogen and oxygen atoms in total. The number of carbonyl (C=O) groups is 1. The van der Waals surface area contributed by atoms with Crippen molar-refractivity contribution < 1.29 is 13.2 Å². The minimum atomic E-state index is -3.80. The number of sulfonamides is 1. The average molecular weight is 310 g/mol. The number of nitrogens with two attached hydrogens (primary N) is 1. The molecule has 21 heavy (non-hydrogen) atoms. The summed E-state index contributed by atoms with van der Waals surface area (Å²) in [5.41, 5.74) is 6.82. The summed E-state index contributed by atoms with van der Waals surface area (Å²) in [4.78, 5) is 14.6. The van der Waals surface area contributed by atoms with Crippen LogP contribution in [0.25, 0.3) is 10.9 Å². The smallest absolute Gasteiger partial charge is 0.243 e. The van der Waals surface area contributed by atoms with Gasteiger partial charge in [-0.2, -0.15) is 4.72 Å². The average Bonchev–Trinajstić information content (AvgIpc) is 2.82. The normalized spacial score (nSPS) is 13.2. The van der Waals surface area contributed by atoms with E-state index in [1.165, 1.54) is 13.1 Å². The Hall–Kier alpha value is -2.06. The third kappa shape index (κ3) is 3.17. The van der Waals surface area contributed by atoms with Crippen LogP contribution < -0.4 is 15.8 Å². The first-order valence-corrected chi connectivity index (χ1v) is 8.00. The quantitative estimate of drug-likeness (QED) is 0.603. The molecule has 5 N–H and O–H groups in total. The van der Waals surface area contributed by atoms with Crippen LogP contribution in [0.5, 0.6) is 0 Å². The van der Waals surface area contributed by atoms with Crippen LogP contribution in [0.2, 0.25) is 0 Å². The predicted octanol–water partition coefficient (Wildman–Crippen LogP) is 0.553. The molecule has 0 fully saturated rings. The number of hydrogen-bond acceptors (Lipinski definition) is 4. The molecule has 0 spiro atoms. The summed E-state index contributed by atoms with van der Waals surface area (Å²) in [6, 6.07) is 4.06. The molecule has 0 aliphatic rings. The number of aromatic amines is 1. The first-order chi connectivity index (χ1) is 9.85. The van der Waals surface area contributed by atoms with Crippen LogP contribution in [0.3, 0.4) is 0 Å². The lowest BCUT2D eigenvalue weighted by Crippen LogP contribution is -2.44. The number of likely N-dealkylation sites (N-methyl/N-ethyl adjacent to an activating group) is 1. The second-order valence-corrected chi connectivity index (χ2v) is 6.38. The van der Waals surface area contributed by atoms with Crippen LogP contribution >= 0.6 is 0 Å². The van der Waals surface area contributed by atoms with Crippen molar-refractivity contribution in [3.8, 4) is 0 Å². The number of nitrogens with one attached hydrogen (secondary N) is 3. The summed E-state index contributed by atoms with van der Waals surface area (Å²) < 4.78 is 27.1. The number of aromatic nitrogens is 1. The summed E-state index contributed by atoms with van der Waals surface area (Å²) in [5.74, 6) is -0.370. The molecule has 0 bridgehead atoms.